The van der Waals surface area contributed by atoms with Crippen LogP contribution in [0, 0.1) is 0 Å². The Kier molecular flexibility index (Phi) is 3.33. The summed E-state index contributed by atoms with van der Waals surface area (Å²) in [7, 11) is 0. The predicted octanol–water partition coefficient (Wildman–Crippen LogP) is 3.45. The van der Waals surface area contributed by atoms with Gasteiger partial charge in [-0.25, -0.2) is 8.78 Å². The Labute approximate surface area is 99.4 Å². The van der Waals surface area contributed by atoms with Crippen LogP contribution in [-0.4, -0.2) is 5.11 Å². The molecule has 0 amide bonds. The van der Waals surface area contributed by atoms with E-state index in [4.69, 9.17) is 5.73 Å². The minimum atomic E-state index is -2.53. The monoisotopic (exact) mass is 241 g/mol. The third-order valence-corrected chi connectivity index (χ3v) is 3.55. The first-order valence-corrected chi connectivity index (χ1v) is 5.93. The van der Waals surface area contributed by atoms with Gasteiger partial charge in [-0.2, -0.15) is 0 Å². The van der Waals surface area contributed by atoms with Crippen LogP contribution in [0.15, 0.2) is 18.2 Å². The van der Waals surface area contributed by atoms with E-state index in [1.165, 1.54) is 18.2 Å². The van der Waals surface area contributed by atoms with Crippen molar-refractivity contribution in [3.8, 4) is 5.75 Å². The maximum absolute atomic E-state index is 12.6. The van der Waals surface area contributed by atoms with Crippen molar-refractivity contribution in [1.29, 1.82) is 0 Å². The molecular weight excluding hydrogens is 224 g/mol. The number of halogens is 2. The molecule has 0 heterocycles. The number of phenolic OH excluding ortho intramolecular Hbond substituents is 1. The lowest BCUT2D eigenvalue weighted by atomic mass is 9.77. The quantitative estimate of drug-likeness (QED) is 0.833. The van der Waals surface area contributed by atoms with Gasteiger partial charge in [0.2, 0.25) is 0 Å². The fourth-order valence-corrected chi connectivity index (χ4v) is 2.54. The molecule has 1 fully saturated rings. The molecule has 0 unspecified atom stereocenters. The van der Waals surface area contributed by atoms with E-state index in [9.17, 15) is 13.9 Å². The van der Waals surface area contributed by atoms with E-state index in [-0.39, 0.29) is 11.3 Å². The van der Waals surface area contributed by atoms with Crippen LogP contribution < -0.4 is 5.73 Å². The molecule has 0 aromatic heterocycles. The molecule has 1 aromatic rings. The minimum absolute atomic E-state index is 0.0267. The van der Waals surface area contributed by atoms with Gasteiger partial charge in [0.1, 0.15) is 5.75 Å². The third-order valence-electron chi connectivity index (χ3n) is 3.55. The normalized spacial score (nSPS) is 19.5. The number of phenols is 1. The largest absolute Gasteiger partial charge is 0.508 e. The summed E-state index contributed by atoms with van der Waals surface area (Å²) < 4.78 is 25.3. The lowest BCUT2D eigenvalue weighted by Gasteiger charge is -2.34. The molecule has 0 spiro atoms. The summed E-state index contributed by atoms with van der Waals surface area (Å²) in [6, 6.07) is 3.92. The maximum Gasteiger partial charge on any atom is 0.263 e. The van der Waals surface area contributed by atoms with Gasteiger partial charge >= 0.3 is 0 Å². The Morgan fingerprint density at radius 1 is 1.18 bits per heavy atom. The van der Waals surface area contributed by atoms with Gasteiger partial charge in [0.25, 0.3) is 6.43 Å². The number of alkyl halides is 2. The number of rotatable bonds is 2. The maximum atomic E-state index is 12.6. The summed E-state index contributed by atoms with van der Waals surface area (Å²) in [4.78, 5) is 0. The number of nitrogens with two attached hydrogens (primary N) is 1. The molecule has 1 aliphatic carbocycles. The summed E-state index contributed by atoms with van der Waals surface area (Å²) in [6.07, 6.45) is 2.04. The molecule has 1 aromatic carbocycles. The first kappa shape index (κ1) is 12.3. The average Bonchev–Trinajstić information content (AvgIpc) is 2.30. The van der Waals surface area contributed by atoms with Crippen molar-refractivity contribution >= 4 is 0 Å². The highest BCUT2D eigenvalue weighted by atomic mass is 19.3. The van der Waals surface area contributed by atoms with Crippen molar-refractivity contribution < 1.29 is 13.9 Å². The van der Waals surface area contributed by atoms with E-state index in [1.807, 2.05) is 0 Å². The van der Waals surface area contributed by atoms with Gasteiger partial charge in [0, 0.05) is 16.7 Å². The van der Waals surface area contributed by atoms with E-state index in [0.29, 0.717) is 5.56 Å². The molecule has 94 valence electrons. The summed E-state index contributed by atoms with van der Waals surface area (Å²) in [5, 5.41) is 9.81. The van der Waals surface area contributed by atoms with E-state index in [1.54, 1.807) is 0 Å². The highest BCUT2D eigenvalue weighted by Gasteiger charge is 2.32. The first-order chi connectivity index (χ1) is 8.03. The molecule has 0 bridgehead atoms. The Balaban J connectivity index is 2.38. The van der Waals surface area contributed by atoms with Crippen LogP contribution in [0.3, 0.4) is 0 Å². The van der Waals surface area contributed by atoms with Crippen LogP contribution in [0.2, 0.25) is 0 Å². The number of hydrogen-bond acceptors (Lipinski definition) is 2. The molecule has 2 nitrogen and oxygen atoms in total. The van der Waals surface area contributed by atoms with Crippen molar-refractivity contribution in [2.24, 2.45) is 5.73 Å². The summed E-state index contributed by atoms with van der Waals surface area (Å²) >= 11 is 0. The number of benzene rings is 1. The lowest BCUT2D eigenvalue weighted by molar-refractivity contribution is 0.151. The van der Waals surface area contributed by atoms with Gasteiger partial charge in [-0.1, -0.05) is 19.3 Å². The van der Waals surface area contributed by atoms with Gasteiger partial charge in [-0.3, -0.25) is 0 Å². The van der Waals surface area contributed by atoms with Gasteiger partial charge in [-0.15, -0.1) is 0 Å². The molecule has 2 rings (SSSR count). The molecule has 3 N–H and O–H groups in total. The standard InChI is InChI=1S/C13H17F2NO/c14-12(15)9-4-5-11(17)10(8-9)13(16)6-2-1-3-7-13/h4-5,8,12,17H,1-3,6-7,16H2. The highest BCUT2D eigenvalue weighted by molar-refractivity contribution is 5.41. The fourth-order valence-electron chi connectivity index (χ4n) is 2.54. The third kappa shape index (κ3) is 2.41. The molecule has 0 radical (unpaired) electrons. The minimum Gasteiger partial charge on any atom is -0.508 e. The van der Waals surface area contributed by atoms with Crippen LogP contribution in [0.25, 0.3) is 0 Å². The smallest absolute Gasteiger partial charge is 0.263 e. The van der Waals surface area contributed by atoms with Crippen molar-refractivity contribution in [3.63, 3.8) is 0 Å². The van der Waals surface area contributed by atoms with E-state index in [2.05, 4.69) is 0 Å². The Bertz CT molecular complexity index is 400. The summed E-state index contributed by atoms with van der Waals surface area (Å²) in [6.45, 7) is 0. The average molecular weight is 241 g/mol. The SMILES string of the molecule is NC1(c2cc(C(F)F)ccc2O)CCCCC1. The molecule has 0 aliphatic heterocycles. The molecule has 17 heavy (non-hydrogen) atoms. The zero-order chi connectivity index (χ0) is 12.5. The molecule has 4 heteroatoms. The second-order valence-electron chi connectivity index (χ2n) is 4.79. The summed E-state index contributed by atoms with van der Waals surface area (Å²) in [5.74, 6) is 0.0267. The Morgan fingerprint density at radius 3 is 2.41 bits per heavy atom. The van der Waals surface area contributed by atoms with Crippen LogP contribution in [0.5, 0.6) is 5.75 Å². The Morgan fingerprint density at radius 2 is 1.82 bits per heavy atom. The zero-order valence-corrected chi connectivity index (χ0v) is 9.63. The molecule has 1 aliphatic rings. The van der Waals surface area contributed by atoms with E-state index >= 15 is 0 Å². The highest BCUT2D eigenvalue weighted by Crippen LogP contribution is 2.40. The van der Waals surface area contributed by atoms with Crippen LogP contribution in [0.1, 0.15) is 49.7 Å². The van der Waals surface area contributed by atoms with Crippen molar-refractivity contribution in [2.75, 3.05) is 0 Å². The number of hydrogen-bond donors (Lipinski definition) is 2. The van der Waals surface area contributed by atoms with Crippen LogP contribution in [0.4, 0.5) is 8.78 Å². The van der Waals surface area contributed by atoms with Gasteiger partial charge in [-0.05, 0) is 31.0 Å². The first-order valence-electron chi connectivity index (χ1n) is 5.93. The van der Waals surface area contributed by atoms with Crippen LogP contribution in [-0.2, 0) is 5.54 Å². The second kappa shape index (κ2) is 4.61. The fraction of sp³-hybridized carbons (Fsp3) is 0.538. The molecule has 0 atom stereocenters. The van der Waals surface area contributed by atoms with E-state index in [0.717, 1.165) is 32.1 Å². The van der Waals surface area contributed by atoms with Gasteiger partial charge < -0.3 is 10.8 Å². The van der Waals surface area contributed by atoms with E-state index < -0.39 is 12.0 Å². The molecular formula is C13H17F2NO. The Hall–Kier alpha value is -1.16. The molecule has 0 saturated heterocycles. The lowest BCUT2D eigenvalue weighted by Crippen LogP contribution is -2.38. The van der Waals surface area contributed by atoms with Gasteiger partial charge in [0.15, 0.2) is 0 Å². The zero-order valence-electron chi connectivity index (χ0n) is 9.63. The summed E-state index contributed by atoms with van der Waals surface area (Å²) in [5.41, 5.74) is 5.99. The second-order valence-corrected chi connectivity index (χ2v) is 4.79. The van der Waals surface area contributed by atoms with Crippen molar-refractivity contribution in [2.45, 2.75) is 44.1 Å². The van der Waals surface area contributed by atoms with Crippen molar-refractivity contribution in [3.05, 3.63) is 29.3 Å². The molecule has 1 saturated carbocycles. The number of aromatic hydroxyl groups is 1. The van der Waals surface area contributed by atoms with Crippen LogP contribution >= 0.6 is 0 Å². The van der Waals surface area contributed by atoms with Crippen molar-refractivity contribution in [1.82, 2.24) is 0 Å². The van der Waals surface area contributed by atoms with Gasteiger partial charge in [0.05, 0.1) is 0 Å². The predicted molar refractivity (Wildman–Crippen MR) is 62.0 cm³/mol. The topological polar surface area (TPSA) is 46.2 Å².